The van der Waals surface area contributed by atoms with Gasteiger partial charge in [0.25, 0.3) is 0 Å². The van der Waals surface area contributed by atoms with Crippen LogP contribution < -0.4 is 16.1 Å². The molecular formula is C25H44N4O6S2. The van der Waals surface area contributed by atoms with E-state index in [1.807, 2.05) is 37.4 Å². The van der Waals surface area contributed by atoms with Crippen LogP contribution in [0, 0.1) is 5.92 Å². The van der Waals surface area contributed by atoms with Crippen LogP contribution in [0.5, 0.6) is 0 Å². The molecule has 0 aromatic heterocycles. The lowest BCUT2D eigenvalue weighted by molar-refractivity contribution is -0.141. The Kier molecular flexibility index (Phi) is 12.4. The number of hydroxylamine groups is 1. The summed E-state index contributed by atoms with van der Waals surface area (Å²) in [5.74, 6) is 1.04. The molecule has 2 aliphatic heterocycles. The van der Waals surface area contributed by atoms with Gasteiger partial charge in [-0.15, -0.1) is 23.5 Å². The van der Waals surface area contributed by atoms with Crippen molar-refractivity contribution in [1.29, 1.82) is 0 Å². The second-order valence-corrected chi connectivity index (χ2v) is 14.0. The normalized spacial score (nSPS) is 20.4. The number of carbonyl (C=O) groups excluding carboxylic acids is 4. The minimum absolute atomic E-state index is 0.128. The Balaban J connectivity index is 2.03. The van der Waals surface area contributed by atoms with Crippen molar-refractivity contribution in [2.45, 2.75) is 101 Å². The van der Waals surface area contributed by atoms with Gasteiger partial charge in [-0.2, -0.15) is 0 Å². The Morgan fingerprint density at radius 1 is 1.11 bits per heavy atom. The van der Waals surface area contributed by atoms with E-state index in [0.29, 0.717) is 32.4 Å². The maximum atomic E-state index is 13.8. The molecule has 212 valence electrons. The summed E-state index contributed by atoms with van der Waals surface area (Å²) in [7, 11) is 0. The quantitative estimate of drug-likeness (QED) is 0.162. The van der Waals surface area contributed by atoms with Crippen molar-refractivity contribution in [3.8, 4) is 0 Å². The fraction of sp³-hybridized carbons (Fsp3) is 0.840. The fourth-order valence-corrected chi connectivity index (χ4v) is 7.71. The summed E-state index contributed by atoms with van der Waals surface area (Å²) in [6.45, 7) is 10.2. The van der Waals surface area contributed by atoms with Crippen LogP contribution in [0.4, 0.5) is 4.79 Å². The molecule has 0 saturated carbocycles. The highest BCUT2D eigenvalue weighted by atomic mass is 32.2. The second kappa shape index (κ2) is 14.5. The first kappa shape index (κ1) is 31.6. The van der Waals surface area contributed by atoms with Crippen molar-refractivity contribution in [1.82, 2.24) is 21.0 Å². The van der Waals surface area contributed by atoms with Gasteiger partial charge in [-0.3, -0.25) is 19.6 Å². The van der Waals surface area contributed by atoms with E-state index < -0.39 is 29.7 Å². The lowest BCUT2D eigenvalue weighted by atomic mass is 9.97. The number of nitrogens with one attached hydrogen (secondary N) is 3. The topological polar surface area (TPSA) is 137 Å². The third-order valence-electron chi connectivity index (χ3n) is 6.60. The first-order valence-electron chi connectivity index (χ1n) is 13.2. The fourth-order valence-electron chi connectivity index (χ4n) is 4.46. The Morgan fingerprint density at radius 2 is 1.76 bits per heavy atom. The van der Waals surface area contributed by atoms with Crippen molar-refractivity contribution in [3.05, 3.63) is 0 Å². The number of nitrogens with zero attached hydrogens (tertiary/aromatic N) is 1. The van der Waals surface area contributed by atoms with E-state index in [-0.39, 0.29) is 28.2 Å². The number of hydrogen-bond donors (Lipinski definition) is 4. The average Bonchev–Trinajstić information content (AvgIpc) is 3.46. The second-order valence-electron chi connectivity index (χ2n) is 10.8. The summed E-state index contributed by atoms with van der Waals surface area (Å²) in [5.41, 5.74) is 0.939. The molecule has 2 heterocycles. The predicted octanol–water partition coefficient (Wildman–Crippen LogP) is 3.28. The van der Waals surface area contributed by atoms with Gasteiger partial charge in [0.05, 0.1) is 4.08 Å². The number of unbranched alkanes of at least 4 members (excludes halogenated alkanes) is 3. The molecule has 37 heavy (non-hydrogen) atoms. The van der Waals surface area contributed by atoms with E-state index in [0.717, 1.165) is 30.8 Å². The molecule has 2 rings (SSSR count). The van der Waals surface area contributed by atoms with Gasteiger partial charge >= 0.3 is 6.09 Å². The monoisotopic (exact) mass is 560 g/mol. The van der Waals surface area contributed by atoms with Crippen molar-refractivity contribution < 1.29 is 29.1 Å². The Labute approximate surface area is 229 Å². The van der Waals surface area contributed by atoms with E-state index >= 15 is 0 Å². The first-order valence-corrected chi connectivity index (χ1v) is 15.2. The molecule has 2 aliphatic rings. The summed E-state index contributed by atoms with van der Waals surface area (Å²) in [6, 6.07) is -1.37. The van der Waals surface area contributed by atoms with Gasteiger partial charge in [-0.1, -0.05) is 33.1 Å². The van der Waals surface area contributed by atoms with Crippen LogP contribution in [-0.4, -0.2) is 80.3 Å². The number of carbonyl (C=O) groups is 4. The van der Waals surface area contributed by atoms with Gasteiger partial charge in [0.2, 0.25) is 17.7 Å². The summed E-state index contributed by atoms with van der Waals surface area (Å²) in [6.07, 6.45) is 4.00. The van der Waals surface area contributed by atoms with Crippen molar-refractivity contribution >= 4 is 47.3 Å². The number of hydrogen-bond acceptors (Lipinski definition) is 8. The van der Waals surface area contributed by atoms with Crippen molar-refractivity contribution in [2.24, 2.45) is 5.92 Å². The molecule has 12 heteroatoms. The molecule has 3 atom stereocenters. The maximum Gasteiger partial charge on any atom is 0.408 e. The van der Waals surface area contributed by atoms with E-state index in [2.05, 4.69) is 10.6 Å². The van der Waals surface area contributed by atoms with Crippen LogP contribution in [0.2, 0.25) is 0 Å². The zero-order valence-electron chi connectivity index (χ0n) is 22.8. The first-order chi connectivity index (χ1) is 17.4. The molecule has 2 fully saturated rings. The van der Waals surface area contributed by atoms with Gasteiger partial charge in [-0.25, -0.2) is 10.3 Å². The molecule has 0 bridgehead atoms. The van der Waals surface area contributed by atoms with Gasteiger partial charge < -0.3 is 20.3 Å². The highest BCUT2D eigenvalue weighted by Crippen LogP contribution is 2.52. The van der Waals surface area contributed by atoms with Gasteiger partial charge in [0.1, 0.15) is 17.7 Å². The number of likely N-dealkylation sites (tertiary alicyclic amines) is 1. The molecule has 0 aliphatic carbocycles. The van der Waals surface area contributed by atoms with Crippen LogP contribution in [0.15, 0.2) is 0 Å². The molecule has 1 spiro atoms. The maximum absolute atomic E-state index is 13.8. The van der Waals surface area contributed by atoms with Crippen LogP contribution >= 0.6 is 23.5 Å². The van der Waals surface area contributed by atoms with Gasteiger partial charge in [-0.05, 0) is 39.5 Å². The molecule has 4 N–H and O–H groups in total. The average molecular weight is 561 g/mol. The van der Waals surface area contributed by atoms with Crippen LogP contribution in [0.3, 0.4) is 0 Å². The number of ether oxygens (including phenoxy) is 1. The molecule has 2 saturated heterocycles. The summed E-state index contributed by atoms with van der Waals surface area (Å²) >= 11 is 3.62. The zero-order chi connectivity index (χ0) is 27.6. The third kappa shape index (κ3) is 9.86. The minimum atomic E-state index is -0.780. The Hall–Kier alpha value is -1.66. The molecule has 0 aromatic rings. The number of rotatable bonds is 12. The molecular weight excluding hydrogens is 516 g/mol. The molecule has 4 amide bonds. The van der Waals surface area contributed by atoms with E-state index in [9.17, 15) is 19.2 Å². The van der Waals surface area contributed by atoms with Gasteiger partial charge in [0.15, 0.2) is 0 Å². The lowest BCUT2D eigenvalue weighted by Gasteiger charge is -2.32. The summed E-state index contributed by atoms with van der Waals surface area (Å²) in [4.78, 5) is 52.4. The van der Waals surface area contributed by atoms with Crippen molar-refractivity contribution in [2.75, 3.05) is 24.6 Å². The molecule has 0 unspecified atom stereocenters. The van der Waals surface area contributed by atoms with Crippen LogP contribution in [0.25, 0.3) is 0 Å². The van der Waals surface area contributed by atoms with Crippen LogP contribution in [0.1, 0.15) is 79.6 Å². The third-order valence-corrected chi connectivity index (χ3v) is 10.0. The minimum Gasteiger partial charge on any atom is -0.444 e. The molecule has 10 nitrogen and oxygen atoms in total. The Morgan fingerprint density at radius 3 is 2.35 bits per heavy atom. The summed E-state index contributed by atoms with van der Waals surface area (Å²) in [5, 5.41) is 14.3. The molecule has 0 radical (unpaired) electrons. The van der Waals surface area contributed by atoms with Crippen molar-refractivity contribution in [3.63, 3.8) is 0 Å². The highest BCUT2D eigenvalue weighted by Gasteiger charge is 2.52. The lowest BCUT2D eigenvalue weighted by Crippen LogP contribution is -2.56. The highest BCUT2D eigenvalue weighted by molar-refractivity contribution is 8.21. The number of thioether (sulfide) groups is 2. The summed E-state index contributed by atoms with van der Waals surface area (Å²) < 4.78 is 5.22. The number of amides is 4. The standard InChI is InChI=1S/C25H44N4O6S2/c1-6-17(2)20(27-23(33)35-24(3,4)5)22(32)29-16-25(36-13-14-37-25)15-18(29)21(31)26-12-10-8-7-9-11-19(30)28-34/h17-18,20,34H,6-16H2,1-5H3,(H,26,31)(H,27,33)(H,28,30)/t17-,18-,20+/m0/s1. The largest absolute Gasteiger partial charge is 0.444 e. The van der Waals surface area contributed by atoms with E-state index in [1.165, 1.54) is 0 Å². The predicted molar refractivity (Wildman–Crippen MR) is 146 cm³/mol. The smallest absolute Gasteiger partial charge is 0.408 e. The molecule has 0 aromatic carbocycles. The SMILES string of the molecule is CC[C@H](C)[C@@H](NC(=O)OC(C)(C)C)C(=O)N1CC2(C[C@H]1C(=O)NCCCCCCC(=O)NO)SCCS2. The van der Waals surface area contributed by atoms with E-state index in [4.69, 9.17) is 9.94 Å². The van der Waals surface area contributed by atoms with Crippen LogP contribution in [-0.2, 0) is 19.1 Å². The zero-order valence-corrected chi connectivity index (χ0v) is 24.4. The number of alkyl carbamates (subject to hydrolysis) is 1. The Bertz CT molecular complexity index is 801. The van der Waals surface area contributed by atoms with E-state index in [1.54, 1.807) is 31.2 Å². The van der Waals surface area contributed by atoms with Gasteiger partial charge in [0, 0.05) is 37.4 Å².